The third-order valence-electron chi connectivity index (χ3n) is 5.94. The van der Waals surface area contributed by atoms with Crippen molar-refractivity contribution in [2.24, 2.45) is 0 Å². The van der Waals surface area contributed by atoms with Crippen LogP contribution in [0.5, 0.6) is 0 Å². The van der Waals surface area contributed by atoms with Crippen LogP contribution in [-0.4, -0.2) is 39.4 Å². The fourth-order valence-electron chi connectivity index (χ4n) is 4.47. The van der Waals surface area contributed by atoms with E-state index in [4.69, 9.17) is 4.74 Å². The highest BCUT2D eigenvalue weighted by Crippen LogP contribution is 2.34. The van der Waals surface area contributed by atoms with Gasteiger partial charge in [-0.05, 0) is 31.0 Å². The lowest BCUT2D eigenvalue weighted by molar-refractivity contribution is -0.134. The number of cyclic esters (lactones) is 1. The fraction of sp³-hybridized carbons (Fsp3) is 0.318. The predicted octanol–water partition coefficient (Wildman–Crippen LogP) is 2.79. The van der Waals surface area contributed by atoms with Crippen molar-refractivity contribution in [3.05, 3.63) is 70.1 Å². The molecule has 29 heavy (non-hydrogen) atoms. The Labute approximate surface area is 166 Å². The zero-order valence-electron chi connectivity index (χ0n) is 15.8. The number of carbonyl (C=O) groups is 2. The van der Waals surface area contributed by atoms with Crippen molar-refractivity contribution in [1.29, 1.82) is 0 Å². The van der Waals surface area contributed by atoms with Crippen LogP contribution in [0.4, 0.5) is 0 Å². The summed E-state index contributed by atoms with van der Waals surface area (Å²) in [4.78, 5) is 41.9. The molecule has 0 spiro atoms. The Hall–Kier alpha value is -3.35. The van der Waals surface area contributed by atoms with E-state index in [1.165, 1.54) is 0 Å². The molecule has 1 saturated heterocycles. The molecule has 7 nitrogen and oxygen atoms in total. The lowest BCUT2D eigenvalue weighted by Gasteiger charge is -2.33. The molecule has 0 radical (unpaired) electrons. The number of H-pyrrole nitrogens is 1. The van der Waals surface area contributed by atoms with Crippen molar-refractivity contribution >= 4 is 22.9 Å². The van der Waals surface area contributed by atoms with Crippen LogP contribution in [0.15, 0.2) is 53.3 Å². The van der Waals surface area contributed by atoms with Crippen molar-refractivity contribution in [2.45, 2.75) is 31.4 Å². The molecule has 3 aromatic rings. The number of hydrogen-bond donors (Lipinski definition) is 1. The highest BCUT2D eigenvalue weighted by molar-refractivity contribution is 5.94. The number of piperidine rings is 1. The van der Waals surface area contributed by atoms with Crippen LogP contribution in [0.25, 0.3) is 11.0 Å². The summed E-state index contributed by atoms with van der Waals surface area (Å²) in [5, 5.41) is 0. The first-order valence-electron chi connectivity index (χ1n) is 9.89. The molecule has 5 rings (SSSR count). The Morgan fingerprint density at radius 3 is 2.59 bits per heavy atom. The number of hydrogen-bond acceptors (Lipinski definition) is 4. The maximum absolute atomic E-state index is 12.8. The van der Waals surface area contributed by atoms with Gasteiger partial charge in [0.15, 0.2) is 0 Å². The van der Waals surface area contributed by atoms with Crippen molar-refractivity contribution < 1.29 is 14.3 Å². The molecule has 0 aliphatic carbocycles. The van der Waals surface area contributed by atoms with E-state index in [2.05, 4.69) is 4.98 Å². The first kappa shape index (κ1) is 17.7. The van der Waals surface area contributed by atoms with Crippen LogP contribution >= 0.6 is 0 Å². The molecule has 3 heterocycles. The number of ether oxygens (including phenoxy) is 1. The fourth-order valence-corrected chi connectivity index (χ4v) is 4.47. The highest BCUT2D eigenvalue weighted by atomic mass is 16.5. The van der Waals surface area contributed by atoms with Gasteiger partial charge in [-0.1, -0.05) is 30.3 Å². The van der Waals surface area contributed by atoms with Gasteiger partial charge in [-0.15, -0.1) is 0 Å². The number of nitrogens with one attached hydrogen (secondary N) is 1. The van der Waals surface area contributed by atoms with E-state index in [9.17, 15) is 14.4 Å². The van der Waals surface area contributed by atoms with Gasteiger partial charge in [0.1, 0.15) is 6.10 Å². The Morgan fingerprint density at radius 2 is 1.76 bits per heavy atom. The quantitative estimate of drug-likeness (QED) is 0.696. The molecule has 2 aliphatic heterocycles. The number of fused-ring (bicyclic) bond motifs is 2. The summed E-state index contributed by atoms with van der Waals surface area (Å²) in [5.74, 6) is -0.389. The van der Waals surface area contributed by atoms with E-state index in [1.54, 1.807) is 12.1 Å². The van der Waals surface area contributed by atoms with Gasteiger partial charge in [-0.3, -0.25) is 9.36 Å². The summed E-state index contributed by atoms with van der Waals surface area (Å²) in [5.41, 5.74) is 2.95. The molecule has 1 fully saturated rings. The zero-order valence-corrected chi connectivity index (χ0v) is 15.8. The van der Waals surface area contributed by atoms with Crippen molar-refractivity contribution in [3.63, 3.8) is 0 Å². The van der Waals surface area contributed by atoms with Crippen LogP contribution in [0.1, 0.15) is 47.3 Å². The van der Waals surface area contributed by atoms with Crippen molar-refractivity contribution in [2.75, 3.05) is 13.1 Å². The number of esters is 1. The molecule has 1 amide bonds. The number of likely N-dealkylation sites (tertiary alicyclic amines) is 1. The molecule has 2 aliphatic rings. The second-order valence-electron chi connectivity index (χ2n) is 7.61. The standard InChI is InChI=1S/C22H21N3O4/c26-20(13-19-15-5-1-2-6-16(15)21(27)29-19)24-11-9-14(10-12-24)25-18-8-4-3-7-17(18)23-22(25)28/h1-8,14,19H,9-13H2,(H,23,28). The first-order valence-corrected chi connectivity index (χ1v) is 9.89. The monoisotopic (exact) mass is 391 g/mol. The maximum atomic E-state index is 12.8. The van der Waals surface area contributed by atoms with Gasteiger partial charge in [0.25, 0.3) is 0 Å². The molecule has 1 N–H and O–H groups in total. The van der Waals surface area contributed by atoms with Crippen LogP contribution in [-0.2, 0) is 9.53 Å². The van der Waals surface area contributed by atoms with Gasteiger partial charge in [0.05, 0.1) is 23.0 Å². The van der Waals surface area contributed by atoms with E-state index < -0.39 is 6.10 Å². The van der Waals surface area contributed by atoms with E-state index >= 15 is 0 Å². The number of aromatic nitrogens is 2. The van der Waals surface area contributed by atoms with Gasteiger partial charge in [0.2, 0.25) is 5.91 Å². The predicted molar refractivity (Wildman–Crippen MR) is 107 cm³/mol. The Morgan fingerprint density at radius 1 is 1.03 bits per heavy atom. The van der Waals surface area contributed by atoms with Crippen molar-refractivity contribution in [3.8, 4) is 0 Å². The number of nitrogens with zero attached hydrogens (tertiary/aromatic N) is 2. The molecule has 1 aromatic heterocycles. The normalized spacial score (nSPS) is 19.4. The maximum Gasteiger partial charge on any atom is 0.339 e. The molecule has 1 atom stereocenters. The number of para-hydroxylation sites is 2. The second kappa shape index (κ2) is 6.92. The van der Waals surface area contributed by atoms with Crippen LogP contribution < -0.4 is 5.69 Å². The van der Waals surface area contributed by atoms with Crippen molar-refractivity contribution in [1.82, 2.24) is 14.5 Å². The van der Waals surface area contributed by atoms with E-state index in [0.717, 1.165) is 16.6 Å². The minimum atomic E-state index is -0.514. The van der Waals surface area contributed by atoms with Gasteiger partial charge < -0.3 is 14.6 Å². The number of imidazole rings is 1. The number of carbonyl (C=O) groups excluding carboxylic acids is 2. The molecular formula is C22H21N3O4. The first-order chi connectivity index (χ1) is 14.1. The van der Waals surface area contributed by atoms with E-state index in [-0.39, 0.29) is 30.0 Å². The minimum Gasteiger partial charge on any atom is -0.453 e. The van der Waals surface area contributed by atoms with Crippen LogP contribution in [0, 0.1) is 0 Å². The van der Waals surface area contributed by atoms with Gasteiger partial charge in [-0.25, -0.2) is 9.59 Å². The molecule has 0 bridgehead atoms. The van der Waals surface area contributed by atoms with Crippen LogP contribution in [0.3, 0.4) is 0 Å². The summed E-state index contributed by atoms with van der Waals surface area (Å²) in [7, 11) is 0. The Bertz CT molecular complexity index is 1150. The minimum absolute atomic E-state index is 0.0239. The average molecular weight is 391 g/mol. The van der Waals surface area contributed by atoms with Gasteiger partial charge in [-0.2, -0.15) is 0 Å². The SMILES string of the molecule is O=C1OC(CC(=O)N2CCC(n3c(=O)[nH]c4ccccc43)CC2)c2ccccc21. The molecule has 1 unspecified atom stereocenters. The number of rotatable bonds is 3. The molecular weight excluding hydrogens is 370 g/mol. The second-order valence-corrected chi connectivity index (χ2v) is 7.61. The third kappa shape index (κ3) is 3.03. The summed E-state index contributed by atoms with van der Waals surface area (Å²) < 4.78 is 7.21. The molecule has 148 valence electrons. The highest BCUT2D eigenvalue weighted by Gasteiger charge is 2.34. The number of aromatic amines is 1. The van der Waals surface area contributed by atoms with Gasteiger partial charge in [0, 0.05) is 24.7 Å². The lowest BCUT2D eigenvalue weighted by Crippen LogP contribution is -2.41. The molecule has 0 saturated carbocycles. The largest absolute Gasteiger partial charge is 0.453 e. The average Bonchev–Trinajstić information content (AvgIpc) is 3.24. The Kier molecular flexibility index (Phi) is 4.23. The zero-order chi connectivity index (χ0) is 20.0. The van der Waals surface area contributed by atoms with E-state index in [0.29, 0.717) is 31.5 Å². The van der Waals surface area contributed by atoms with Crippen LogP contribution in [0.2, 0.25) is 0 Å². The van der Waals surface area contributed by atoms with E-state index in [1.807, 2.05) is 45.9 Å². The summed E-state index contributed by atoms with van der Waals surface area (Å²) >= 11 is 0. The smallest absolute Gasteiger partial charge is 0.339 e. The number of benzene rings is 2. The Balaban J connectivity index is 1.26. The summed E-state index contributed by atoms with van der Waals surface area (Å²) in [6.45, 7) is 1.16. The number of amides is 1. The van der Waals surface area contributed by atoms with Gasteiger partial charge >= 0.3 is 11.7 Å². The summed E-state index contributed by atoms with van der Waals surface area (Å²) in [6, 6.07) is 14.9. The molecule has 2 aromatic carbocycles. The summed E-state index contributed by atoms with van der Waals surface area (Å²) in [6.07, 6.45) is 1.07. The molecule has 7 heteroatoms. The topological polar surface area (TPSA) is 84.4 Å². The lowest BCUT2D eigenvalue weighted by atomic mass is 10.0. The third-order valence-corrected chi connectivity index (χ3v) is 5.94.